The first-order chi connectivity index (χ1) is 6.54. The first kappa shape index (κ1) is 9.44. The van der Waals surface area contributed by atoms with Gasteiger partial charge in [-0.1, -0.05) is 0 Å². The van der Waals surface area contributed by atoms with Crippen molar-refractivity contribution >= 4 is 6.29 Å². The molecule has 0 aliphatic heterocycles. The Morgan fingerprint density at radius 3 is 2.64 bits per heavy atom. The summed E-state index contributed by atoms with van der Waals surface area (Å²) in [7, 11) is 0. The summed E-state index contributed by atoms with van der Waals surface area (Å²) in [5.41, 5.74) is 2.99. The molecule has 1 aliphatic carbocycles. The van der Waals surface area contributed by atoms with Crippen LogP contribution in [0.3, 0.4) is 0 Å². The highest BCUT2D eigenvalue weighted by atomic mass is 16.1. The van der Waals surface area contributed by atoms with Gasteiger partial charge in [0.1, 0.15) is 5.69 Å². The molecule has 0 unspecified atom stereocenters. The molecule has 1 aliphatic rings. The van der Waals surface area contributed by atoms with E-state index >= 15 is 0 Å². The van der Waals surface area contributed by atoms with Crippen LogP contribution in [0.25, 0.3) is 0 Å². The molecule has 0 aromatic carbocycles. The minimum atomic E-state index is -0.0966. The Morgan fingerprint density at radius 2 is 2.07 bits per heavy atom. The normalized spacial score (nSPS) is 15.6. The molecule has 0 saturated carbocycles. The fourth-order valence-electron chi connectivity index (χ4n) is 2.05. The Bertz CT molecular complexity index is 371. The summed E-state index contributed by atoms with van der Waals surface area (Å²) in [4.78, 5) is 11.0. The Balaban J connectivity index is 2.58. The average molecular weight is 192 g/mol. The lowest BCUT2D eigenvalue weighted by molar-refractivity contribution is 0.110. The standard InChI is InChI=1S/C11H16N2O/c1-11(2,3)13-10(7-14)8-5-4-6-9(8)12-13/h7H,4-6H2,1-3H3. The van der Waals surface area contributed by atoms with Gasteiger partial charge in [-0.2, -0.15) is 5.10 Å². The van der Waals surface area contributed by atoms with Gasteiger partial charge in [-0.05, 0) is 40.0 Å². The molecule has 14 heavy (non-hydrogen) atoms. The molecule has 2 rings (SSSR count). The smallest absolute Gasteiger partial charge is 0.168 e. The maximum absolute atomic E-state index is 11.0. The SMILES string of the molecule is CC(C)(C)n1nc2c(c1C=O)CCC2. The average Bonchev–Trinajstić information content (AvgIpc) is 2.58. The molecule has 0 spiro atoms. The van der Waals surface area contributed by atoms with Crippen LogP contribution in [-0.2, 0) is 18.4 Å². The van der Waals surface area contributed by atoms with E-state index in [4.69, 9.17) is 0 Å². The maximum Gasteiger partial charge on any atom is 0.168 e. The van der Waals surface area contributed by atoms with Crippen molar-refractivity contribution in [3.8, 4) is 0 Å². The number of hydrogen-bond acceptors (Lipinski definition) is 2. The summed E-state index contributed by atoms with van der Waals surface area (Å²) in [6.45, 7) is 6.21. The van der Waals surface area contributed by atoms with Crippen molar-refractivity contribution in [2.24, 2.45) is 0 Å². The predicted molar refractivity (Wildman–Crippen MR) is 54.6 cm³/mol. The molecule has 0 radical (unpaired) electrons. The van der Waals surface area contributed by atoms with Gasteiger partial charge in [-0.15, -0.1) is 0 Å². The first-order valence-corrected chi connectivity index (χ1v) is 5.10. The van der Waals surface area contributed by atoms with Crippen LogP contribution >= 0.6 is 0 Å². The van der Waals surface area contributed by atoms with E-state index in [2.05, 4.69) is 25.9 Å². The molecule has 3 heteroatoms. The zero-order valence-corrected chi connectivity index (χ0v) is 9.00. The molecular formula is C11H16N2O. The van der Waals surface area contributed by atoms with E-state index in [0.717, 1.165) is 36.9 Å². The van der Waals surface area contributed by atoms with Crippen molar-refractivity contribution in [3.05, 3.63) is 17.0 Å². The summed E-state index contributed by atoms with van der Waals surface area (Å²) in [6, 6.07) is 0. The van der Waals surface area contributed by atoms with Crippen LogP contribution in [0, 0.1) is 0 Å². The van der Waals surface area contributed by atoms with E-state index < -0.39 is 0 Å². The second kappa shape index (κ2) is 2.94. The van der Waals surface area contributed by atoms with Crippen molar-refractivity contribution in [2.45, 2.75) is 45.6 Å². The zero-order valence-electron chi connectivity index (χ0n) is 9.00. The fraction of sp³-hybridized carbons (Fsp3) is 0.636. The van der Waals surface area contributed by atoms with Gasteiger partial charge in [0.25, 0.3) is 0 Å². The summed E-state index contributed by atoms with van der Waals surface area (Å²) >= 11 is 0. The third kappa shape index (κ3) is 1.27. The van der Waals surface area contributed by atoms with Crippen LogP contribution in [0.15, 0.2) is 0 Å². The van der Waals surface area contributed by atoms with Crippen LogP contribution in [0.2, 0.25) is 0 Å². The van der Waals surface area contributed by atoms with Crippen molar-refractivity contribution in [1.29, 1.82) is 0 Å². The van der Waals surface area contributed by atoms with E-state index in [1.54, 1.807) is 0 Å². The van der Waals surface area contributed by atoms with Crippen LogP contribution < -0.4 is 0 Å². The van der Waals surface area contributed by atoms with Crippen LogP contribution in [0.1, 0.15) is 48.9 Å². The van der Waals surface area contributed by atoms with Crippen molar-refractivity contribution in [3.63, 3.8) is 0 Å². The second-order valence-corrected chi connectivity index (χ2v) is 4.86. The topological polar surface area (TPSA) is 34.9 Å². The van der Waals surface area contributed by atoms with Crippen molar-refractivity contribution in [2.75, 3.05) is 0 Å². The lowest BCUT2D eigenvalue weighted by Crippen LogP contribution is -2.25. The van der Waals surface area contributed by atoms with E-state index in [1.165, 1.54) is 5.56 Å². The summed E-state index contributed by atoms with van der Waals surface area (Å²) < 4.78 is 1.86. The summed E-state index contributed by atoms with van der Waals surface area (Å²) in [5, 5.41) is 4.52. The van der Waals surface area contributed by atoms with Gasteiger partial charge in [0.2, 0.25) is 0 Å². The van der Waals surface area contributed by atoms with Gasteiger partial charge in [-0.3, -0.25) is 9.48 Å². The van der Waals surface area contributed by atoms with Crippen LogP contribution in [0.4, 0.5) is 0 Å². The predicted octanol–water partition coefficient (Wildman–Crippen LogP) is 1.94. The maximum atomic E-state index is 11.0. The molecule has 0 fully saturated rings. The van der Waals surface area contributed by atoms with Crippen LogP contribution in [-0.4, -0.2) is 16.1 Å². The van der Waals surface area contributed by atoms with E-state index in [-0.39, 0.29) is 5.54 Å². The van der Waals surface area contributed by atoms with Gasteiger partial charge in [-0.25, -0.2) is 0 Å². The third-order valence-electron chi connectivity index (χ3n) is 2.69. The molecule has 0 atom stereocenters. The molecule has 1 aromatic heterocycles. The number of aromatic nitrogens is 2. The number of hydrogen-bond donors (Lipinski definition) is 0. The molecule has 0 N–H and O–H groups in total. The van der Waals surface area contributed by atoms with Crippen molar-refractivity contribution in [1.82, 2.24) is 9.78 Å². The second-order valence-electron chi connectivity index (χ2n) is 4.86. The highest BCUT2D eigenvalue weighted by molar-refractivity contribution is 5.75. The third-order valence-corrected chi connectivity index (χ3v) is 2.69. The van der Waals surface area contributed by atoms with Gasteiger partial charge in [0.05, 0.1) is 11.2 Å². The van der Waals surface area contributed by atoms with Crippen LogP contribution in [0.5, 0.6) is 0 Å². The largest absolute Gasteiger partial charge is 0.296 e. The minimum absolute atomic E-state index is 0.0966. The molecule has 0 amide bonds. The number of fused-ring (bicyclic) bond motifs is 1. The van der Waals surface area contributed by atoms with E-state index in [0.29, 0.717) is 0 Å². The molecular weight excluding hydrogens is 176 g/mol. The Kier molecular flexibility index (Phi) is 1.98. The highest BCUT2D eigenvalue weighted by Gasteiger charge is 2.26. The zero-order chi connectivity index (χ0) is 10.3. The van der Waals surface area contributed by atoms with Gasteiger partial charge < -0.3 is 0 Å². The molecule has 0 saturated heterocycles. The highest BCUT2D eigenvalue weighted by Crippen LogP contribution is 2.27. The van der Waals surface area contributed by atoms with Gasteiger partial charge in [0.15, 0.2) is 6.29 Å². The monoisotopic (exact) mass is 192 g/mol. The number of aryl methyl sites for hydroxylation is 1. The molecule has 1 aromatic rings. The van der Waals surface area contributed by atoms with Crippen molar-refractivity contribution < 1.29 is 4.79 Å². The number of carbonyl (C=O) groups excluding carboxylic acids is 1. The minimum Gasteiger partial charge on any atom is -0.296 e. The molecule has 3 nitrogen and oxygen atoms in total. The number of aldehydes is 1. The van der Waals surface area contributed by atoms with Gasteiger partial charge in [0, 0.05) is 5.56 Å². The van der Waals surface area contributed by atoms with Gasteiger partial charge >= 0.3 is 0 Å². The number of nitrogens with zero attached hydrogens (tertiary/aromatic N) is 2. The Morgan fingerprint density at radius 1 is 1.36 bits per heavy atom. The molecule has 0 bridgehead atoms. The molecule has 1 heterocycles. The molecule has 76 valence electrons. The quantitative estimate of drug-likeness (QED) is 0.637. The number of carbonyl (C=O) groups is 1. The summed E-state index contributed by atoms with van der Waals surface area (Å²) in [5.74, 6) is 0. The fourth-order valence-corrected chi connectivity index (χ4v) is 2.05. The Labute approximate surface area is 84.1 Å². The van der Waals surface area contributed by atoms with E-state index in [9.17, 15) is 4.79 Å². The first-order valence-electron chi connectivity index (χ1n) is 5.10. The summed E-state index contributed by atoms with van der Waals surface area (Å²) in [6.07, 6.45) is 4.13. The lowest BCUT2D eigenvalue weighted by atomic mass is 10.1. The Hall–Kier alpha value is -1.12. The number of rotatable bonds is 1. The van der Waals surface area contributed by atoms with E-state index in [1.807, 2.05) is 4.68 Å². The lowest BCUT2D eigenvalue weighted by Gasteiger charge is -2.21.